The molecule has 2 rings (SSSR count). The van der Waals surface area contributed by atoms with Gasteiger partial charge in [-0.1, -0.05) is 31.1 Å². The summed E-state index contributed by atoms with van der Waals surface area (Å²) in [5, 5.41) is 13.4. The minimum atomic E-state index is 0.736. The number of hydrogen-bond acceptors (Lipinski definition) is 5. The Hall–Kier alpha value is -1.01. The highest BCUT2D eigenvalue weighted by Gasteiger charge is 2.10. The smallest absolute Gasteiger partial charge is 0.234 e. The fourth-order valence-corrected chi connectivity index (χ4v) is 2.94. The van der Waals surface area contributed by atoms with Crippen molar-refractivity contribution >= 4 is 16.3 Å². The van der Waals surface area contributed by atoms with E-state index < -0.39 is 0 Å². The first kappa shape index (κ1) is 12.4. The van der Waals surface area contributed by atoms with Gasteiger partial charge in [-0.3, -0.25) is 0 Å². The third-order valence-corrected chi connectivity index (χ3v) is 3.94. The maximum atomic E-state index is 5.64. The van der Waals surface area contributed by atoms with Crippen LogP contribution in [0.4, 0.5) is 0 Å². The van der Waals surface area contributed by atoms with Gasteiger partial charge in [0.25, 0.3) is 0 Å². The summed E-state index contributed by atoms with van der Waals surface area (Å²) in [6, 6.07) is 0. The normalized spacial score (nSPS) is 13.3. The average molecular weight is 253 g/mol. The summed E-state index contributed by atoms with van der Waals surface area (Å²) in [5.74, 6) is 0.736. The van der Waals surface area contributed by atoms with E-state index >= 15 is 0 Å². The molecule has 2 aromatic rings. The van der Waals surface area contributed by atoms with Crippen LogP contribution in [0.2, 0.25) is 0 Å². The molecule has 0 aromatic carbocycles. The zero-order valence-electron chi connectivity index (χ0n) is 10.2. The molecule has 0 saturated heterocycles. The molecule has 5 nitrogen and oxygen atoms in total. The minimum absolute atomic E-state index is 0.736. The van der Waals surface area contributed by atoms with Crippen molar-refractivity contribution in [2.45, 2.75) is 39.0 Å². The fraction of sp³-hybridized carbons (Fsp3) is 0.727. The van der Waals surface area contributed by atoms with E-state index in [0.717, 1.165) is 35.3 Å². The highest BCUT2D eigenvalue weighted by Crippen LogP contribution is 2.20. The number of nitrogens with zero attached hydrogens (tertiary/aromatic N) is 4. The summed E-state index contributed by atoms with van der Waals surface area (Å²) < 4.78 is 1.75. The molecular weight excluding hydrogens is 234 g/mol. The maximum absolute atomic E-state index is 5.64. The Morgan fingerprint density at radius 2 is 2.29 bits per heavy atom. The Morgan fingerprint density at radius 3 is 3.00 bits per heavy atom. The highest BCUT2D eigenvalue weighted by atomic mass is 32.1. The predicted molar refractivity (Wildman–Crippen MR) is 69.0 cm³/mol. The molecule has 0 aliphatic heterocycles. The molecule has 0 saturated carbocycles. The van der Waals surface area contributed by atoms with Crippen LogP contribution < -0.4 is 5.73 Å². The van der Waals surface area contributed by atoms with E-state index in [0.29, 0.717) is 0 Å². The maximum Gasteiger partial charge on any atom is 0.234 e. The SMILES string of the molecule is CCCC(CCN)CCc1nn2cnnc2s1. The summed E-state index contributed by atoms with van der Waals surface area (Å²) >= 11 is 1.63. The van der Waals surface area contributed by atoms with E-state index in [9.17, 15) is 0 Å². The summed E-state index contributed by atoms with van der Waals surface area (Å²) in [7, 11) is 0. The van der Waals surface area contributed by atoms with E-state index in [-0.39, 0.29) is 0 Å². The van der Waals surface area contributed by atoms with Crippen LogP contribution in [0.25, 0.3) is 4.96 Å². The van der Waals surface area contributed by atoms with Gasteiger partial charge in [0.05, 0.1) is 0 Å². The Balaban J connectivity index is 1.89. The monoisotopic (exact) mass is 253 g/mol. The van der Waals surface area contributed by atoms with E-state index in [1.807, 2.05) is 0 Å². The van der Waals surface area contributed by atoms with E-state index in [4.69, 9.17) is 5.73 Å². The van der Waals surface area contributed by atoms with Crippen molar-refractivity contribution in [2.75, 3.05) is 6.54 Å². The van der Waals surface area contributed by atoms with Crippen molar-refractivity contribution in [3.8, 4) is 0 Å². The predicted octanol–water partition coefficient (Wildman–Crippen LogP) is 1.88. The Morgan fingerprint density at radius 1 is 1.41 bits per heavy atom. The number of hydrogen-bond donors (Lipinski definition) is 1. The minimum Gasteiger partial charge on any atom is -0.330 e. The molecule has 6 heteroatoms. The lowest BCUT2D eigenvalue weighted by molar-refractivity contribution is 0.420. The molecule has 1 atom stereocenters. The lowest BCUT2D eigenvalue weighted by Crippen LogP contribution is -2.09. The van der Waals surface area contributed by atoms with Crippen molar-refractivity contribution in [1.29, 1.82) is 0 Å². The summed E-state index contributed by atoms with van der Waals surface area (Å²) in [6.45, 7) is 3.02. The van der Waals surface area contributed by atoms with Crippen molar-refractivity contribution in [3.63, 3.8) is 0 Å². The topological polar surface area (TPSA) is 69.1 Å². The highest BCUT2D eigenvalue weighted by molar-refractivity contribution is 7.16. The second-order valence-corrected chi connectivity index (χ2v) is 5.37. The van der Waals surface area contributed by atoms with Crippen LogP contribution in [-0.4, -0.2) is 26.4 Å². The zero-order valence-corrected chi connectivity index (χ0v) is 11.0. The van der Waals surface area contributed by atoms with Gasteiger partial charge < -0.3 is 5.73 Å². The molecule has 2 N–H and O–H groups in total. The van der Waals surface area contributed by atoms with Crippen molar-refractivity contribution in [2.24, 2.45) is 11.7 Å². The lowest BCUT2D eigenvalue weighted by atomic mass is 9.95. The number of rotatable bonds is 7. The van der Waals surface area contributed by atoms with Crippen molar-refractivity contribution < 1.29 is 0 Å². The Bertz CT molecular complexity index is 415. The second-order valence-electron chi connectivity index (χ2n) is 4.32. The lowest BCUT2D eigenvalue weighted by Gasteiger charge is -2.13. The van der Waals surface area contributed by atoms with Crippen LogP contribution in [0, 0.1) is 5.92 Å². The van der Waals surface area contributed by atoms with Crippen LogP contribution in [0.3, 0.4) is 0 Å². The third-order valence-electron chi connectivity index (χ3n) is 2.97. The quantitative estimate of drug-likeness (QED) is 0.818. The van der Waals surface area contributed by atoms with Crippen LogP contribution in [0.15, 0.2) is 6.33 Å². The number of nitrogens with two attached hydrogens (primary N) is 1. The molecule has 17 heavy (non-hydrogen) atoms. The van der Waals surface area contributed by atoms with Gasteiger partial charge in [0.1, 0.15) is 11.3 Å². The van der Waals surface area contributed by atoms with E-state index in [1.165, 1.54) is 19.3 Å². The third kappa shape index (κ3) is 3.23. The van der Waals surface area contributed by atoms with Gasteiger partial charge in [0.2, 0.25) is 4.96 Å². The van der Waals surface area contributed by atoms with Gasteiger partial charge in [-0.15, -0.1) is 10.2 Å². The molecule has 0 spiro atoms. The van der Waals surface area contributed by atoms with Gasteiger partial charge in [-0.2, -0.15) is 9.61 Å². The largest absolute Gasteiger partial charge is 0.330 e. The standard InChI is InChI=1S/C11H19N5S/c1-2-3-9(6-7-12)4-5-10-15-16-8-13-14-11(16)17-10/h8-9H,2-7,12H2,1H3. The summed E-state index contributed by atoms with van der Waals surface area (Å²) in [5.41, 5.74) is 5.64. The molecule has 2 aromatic heterocycles. The Kier molecular flexibility index (Phi) is 4.44. The fourth-order valence-electron chi connectivity index (χ4n) is 2.11. The Labute approximate surface area is 105 Å². The number of aryl methyl sites for hydroxylation is 1. The van der Waals surface area contributed by atoms with E-state index in [2.05, 4.69) is 22.2 Å². The molecule has 0 radical (unpaired) electrons. The van der Waals surface area contributed by atoms with Crippen LogP contribution in [0.5, 0.6) is 0 Å². The molecule has 0 bridgehead atoms. The van der Waals surface area contributed by atoms with Crippen LogP contribution in [-0.2, 0) is 6.42 Å². The first-order valence-electron chi connectivity index (χ1n) is 6.19. The molecule has 0 fully saturated rings. The van der Waals surface area contributed by atoms with Gasteiger partial charge >= 0.3 is 0 Å². The number of aromatic nitrogens is 4. The van der Waals surface area contributed by atoms with Gasteiger partial charge in [0.15, 0.2) is 0 Å². The summed E-state index contributed by atoms with van der Waals surface area (Å²) in [4.78, 5) is 0.880. The average Bonchev–Trinajstić information content (AvgIpc) is 2.86. The molecular formula is C11H19N5S. The molecule has 0 amide bonds. The summed E-state index contributed by atoms with van der Waals surface area (Å²) in [6.07, 6.45) is 7.47. The van der Waals surface area contributed by atoms with Gasteiger partial charge in [0, 0.05) is 6.42 Å². The first-order valence-corrected chi connectivity index (χ1v) is 7.01. The first-order chi connectivity index (χ1) is 8.33. The van der Waals surface area contributed by atoms with Gasteiger partial charge in [-0.05, 0) is 25.3 Å². The molecule has 0 aliphatic carbocycles. The number of fused-ring (bicyclic) bond motifs is 1. The zero-order chi connectivity index (χ0) is 12.1. The van der Waals surface area contributed by atoms with Crippen molar-refractivity contribution in [1.82, 2.24) is 19.8 Å². The molecule has 2 heterocycles. The molecule has 0 aliphatic rings. The van der Waals surface area contributed by atoms with Crippen LogP contribution in [0.1, 0.15) is 37.6 Å². The second kappa shape index (κ2) is 6.07. The van der Waals surface area contributed by atoms with Gasteiger partial charge in [-0.25, -0.2) is 0 Å². The molecule has 94 valence electrons. The van der Waals surface area contributed by atoms with E-state index in [1.54, 1.807) is 22.2 Å². The van der Waals surface area contributed by atoms with Crippen LogP contribution >= 0.6 is 11.3 Å². The van der Waals surface area contributed by atoms with Crippen molar-refractivity contribution in [3.05, 3.63) is 11.3 Å². The molecule has 1 unspecified atom stereocenters.